The van der Waals surface area contributed by atoms with E-state index in [0.717, 1.165) is 18.2 Å². The largest absolute Gasteiger partial charge is 0.300 e. The molecule has 0 spiro atoms. The van der Waals surface area contributed by atoms with Crippen LogP contribution in [0.5, 0.6) is 0 Å². The lowest BCUT2D eigenvalue weighted by molar-refractivity contribution is 0.120. The Balaban J connectivity index is 2.27. The van der Waals surface area contributed by atoms with Crippen LogP contribution >= 0.6 is 12.6 Å². The zero-order chi connectivity index (χ0) is 11.3. The van der Waals surface area contributed by atoms with Crippen molar-refractivity contribution in [2.45, 2.75) is 33.6 Å². The highest BCUT2D eigenvalue weighted by Gasteiger charge is 2.28. The second-order valence-electron chi connectivity index (χ2n) is 5.59. The molecule has 0 aromatic rings. The van der Waals surface area contributed by atoms with Crippen molar-refractivity contribution in [3.05, 3.63) is 12.2 Å². The van der Waals surface area contributed by atoms with Crippen LogP contribution in [-0.4, -0.2) is 30.3 Å². The van der Waals surface area contributed by atoms with Crippen LogP contribution in [0.3, 0.4) is 0 Å². The highest BCUT2D eigenvalue weighted by Crippen LogP contribution is 2.34. The van der Waals surface area contributed by atoms with Crippen molar-refractivity contribution in [3.8, 4) is 0 Å². The van der Waals surface area contributed by atoms with Crippen LogP contribution in [0, 0.1) is 11.3 Å². The second kappa shape index (κ2) is 5.95. The second-order valence-corrected chi connectivity index (χ2v) is 5.96. The van der Waals surface area contributed by atoms with Crippen LogP contribution in [0.25, 0.3) is 0 Å². The summed E-state index contributed by atoms with van der Waals surface area (Å²) in [4.78, 5) is 2.54. The van der Waals surface area contributed by atoms with Crippen molar-refractivity contribution < 1.29 is 0 Å². The summed E-state index contributed by atoms with van der Waals surface area (Å²) >= 11 is 4.17. The molecule has 0 aliphatic carbocycles. The molecule has 2 heteroatoms. The summed E-state index contributed by atoms with van der Waals surface area (Å²) in [5.41, 5.74) is 0.493. The molecular weight excluding hydrogens is 202 g/mol. The van der Waals surface area contributed by atoms with Crippen molar-refractivity contribution in [2.24, 2.45) is 11.3 Å². The molecule has 88 valence electrons. The SMILES string of the molecule is CC(C)(C)C1CCN(CC=CCS)CC1. The lowest BCUT2D eigenvalue weighted by Gasteiger charge is -2.38. The van der Waals surface area contributed by atoms with Crippen molar-refractivity contribution >= 4 is 12.6 Å². The van der Waals surface area contributed by atoms with Gasteiger partial charge in [0.2, 0.25) is 0 Å². The molecule has 0 atom stereocenters. The quantitative estimate of drug-likeness (QED) is 0.572. The normalized spacial score (nSPS) is 21.3. The molecule has 0 radical (unpaired) electrons. The molecule has 0 saturated carbocycles. The standard InChI is InChI=1S/C13H25NS/c1-13(2,3)12-6-9-14(10-7-12)8-4-5-11-15/h4-5,12,15H,6-11H2,1-3H3. The molecule has 0 N–H and O–H groups in total. The molecular formula is C13H25NS. The Morgan fingerprint density at radius 3 is 2.27 bits per heavy atom. The van der Waals surface area contributed by atoms with E-state index in [2.05, 4.69) is 50.5 Å². The van der Waals surface area contributed by atoms with E-state index >= 15 is 0 Å². The fourth-order valence-corrected chi connectivity index (χ4v) is 2.43. The van der Waals surface area contributed by atoms with Gasteiger partial charge >= 0.3 is 0 Å². The number of rotatable bonds is 3. The Hall–Kier alpha value is 0.0500. The van der Waals surface area contributed by atoms with E-state index in [0.29, 0.717) is 5.41 Å². The fraction of sp³-hybridized carbons (Fsp3) is 0.846. The van der Waals surface area contributed by atoms with Gasteiger partial charge in [-0.2, -0.15) is 12.6 Å². The number of piperidine rings is 1. The fourth-order valence-electron chi connectivity index (χ4n) is 2.28. The third kappa shape index (κ3) is 4.60. The van der Waals surface area contributed by atoms with Gasteiger partial charge in [0.05, 0.1) is 0 Å². The highest BCUT2D eigenvalue weighted by molar-refractivity contribution is 7.80. The molecule has 1 heterocycles. The van der Waals surface area contributed by atoms with E-state index in [4.69, 9.17) is 0 Å². The zero-order valence-electron chi connectivity index (χ0n) is 10.4. The Bertz CT molecular complexity index is 197. The molecule has 1 aliphatic rings. The molecule has 0 unspecified atom stereocenters. The topological polar surface area (TPSA) is 3.24 Å². The predicted molar refractivity (Wildman–Crippen MR) is 71.6 cm³/mol. The van der Waals surface area contributed by atoms with E-state index in [9.17, 15) is 0 Å². The number of likely N-dealkylation sites (tertiary alicyclic amines) is 1. The monoisotopic (exact) mass is 227 g/mol. The van der Waals surface area contributed by atoms with Crippen LogP contribution in [0.2, 0.25) is 0 Å². The molecule has 1 saturated heterocycles. The molecule has 1 fully saturated rings. The zero-order valence-corrected chi connectivity index (χ0v) is 11.3. The minimum atomic E-state index is 0.493. The van der Waals surface area contributed by atoms with Crippen LogP contribution in [0.15, 0.2) is 12.2 Å². The van der Waals surface area contributed by atoms with Gasteiger partial charge in [-0.15, -0.1) is 0 Å². The van der Waals surface area contributed by atoms with Gasteiger partial charge in [0.25, 0.3) is 0 Å². The molecule has 0 aromatic carbocycles. The highest BCUT2D eigenvalue weighted by atomic mass is 32.1. The maximum atomic E-state index is 4.17. The van der Waals surface area contributed by atoms with E-state index < -0.39 is 0 Å². The Morgan fingerprint density at radius 2 is 1.80 bits per heavy atom. The third-order valence-electron chi connectivity index (χ3n) is 3.45. The average molecular weight is 227 g/mol. The van der Waals surface area contributed by atoms with Gasteiger partial charge in [-0.1, -0.05) is 32.9 Å². The molecule has 0 bridgehead atoms. The first kappa shape index (κ1) is 13.1. The lowest BCUT2D eigenvalue weighted by atomic mass is 9.75. The van der Waals surface area contributed by atoms with Gasteiger partial charge in [0, 0.05) is 12.3 Å². The molecule has 1 aliphatic heterocycles. The first-order valence-corrected chi connectivity index (χ1v) is 6.65. The minimum Gasteiger partial charge on any atom is -0.300 e. The van der Waals surface area contributed by atoms with Crippen molar-refractivity contribution in [2.75, 3.05) is 25.4 Å². The predicted octanol–water partition coefficient (Wildman–Crippen LogP) is 3.23. The van der Waals surface area contributed by atoms with Crippen molar-refractivity contribution in [1.82, 2.24) is 4.90 Å². The summed E-state index contributed by atoms with van der Waals surface area (Å²) in [6, 6.07) is 0. The number of hydrogen-bond acceptors (Lipinski definition) is 2. The number of hydrogen-bond donors (Lipinski definition) is 1. The van der Waals surface area contributed by atoms with Crippen molar-refractivity contribution in [1.29, 1.82) is 0 Å². The summed E-state index contributed by atoms with van der Waals surface area (Å²) < 4.78 is 0. The maximum Gasteiger partial charge on any atom is 0.0163 e. The summed E-state index contributed by atoms with van der Waals surface area (Å²) in [5, 5.41) is 0. The lowest BCUT2D eigenvalue weighted by Crippen LogP contribution is -2.37. The Morgan fingerprint density at radius 1 is 1.20 bits per heavy atom. The van der Waals surface area contributed by atoms with Gasteiger partial charge < -0.3 is 0 Å². The Labute approximate surface area is 100 Å². The Kier molecular flexibility index (Phi) is 5.20. The van der Waals surface area contributed by atoms with E-state index in [-0.39, 0.29) is 0 Å². The van der Waals surface area contributed by atoms with Gasteiger partial charge in [-0.3, -0.25) is 4.90 Å². The van der Waals surface area contributed by atoms with Gasteiger partial charge in [-0.05, 0) is 37.3 Å². The smallest absolute Gasteiger partial charge is 0.0163 e. The summed E-state index contributed by atoms with van der Waals surface area (Å²) in [6.07, 6.45) is 7.10. The number of nitrogens with zero attached hydrogens (tertiary/aromatic N) is 1. The first-order valence-electron chi connectivity index (χ1n) is 6.02. The minimum absolute atomic E-state index is 0.493. The summed E-state index contributed by atoms with van der Waals surface area (Å²) in [5.74, 6) is 1.76. The van der Waals surface area contributed by atoms with Gasteiger partial charge in [-0.25, -0.2) is 0 Å². The van der Waals surface area contributed by atoms with Crippen LogP contribution in [0.4, 0.5) is 0 Å². The van der Waals surface area contributed by atoms with Crippen LogP contribution in [0.1, 0.15) is 33.6 Å². The molecule has 1 rings (SSSR count). The maximum absolute atomic E-state index is 4.17. The van der Waals surface area contributed by atoms with E-state index in [1.54, 1.807) is 0 Å². The van der Waals surface area contributed by atoms with Crippen molar-refractivity contribution in [3.63, 3.8) is 0 Å². The molecule has 0 aromatic heterocycles. The summed E-state index contributed by atoms with van der Waals surface area (Å²) in [7, 11) is 0. The number of thiol groups is 1. The third-order valence-corrected chi connectivity index (χ3v) is 3.66. The van der Waals surface area contributed by atoms with Crippen LogP contribution < -0.4 is 0 Å². The molecule has 1 nitrogen and oxygen atoms in total. The van der Waals surface area contributed by atoms with Gasteiger partial charge in [0.1, 0.15) is 0 Å². The molecule has 15 heavy (non-hydrogen) atoms. The summed E-state index contributed by atoms with van der Waals surface area (Å²) in [6.45, 7) is 10.7. The van der Waals surface area contributed by atoms with E-state index in [1.165, 1.54) is 25.9 Å². The average Bonchev–Trinajstić information content (AvgIpc) is 2.18. The van der Waals surface area contributed by atoms with Crippen LogP contribution in [-0.2, 0) is 0 Å². The first-order chi connectivity index (χ1) is 7.04. The van der Waals surface area contributed by atoms with E-state index in [1.807, 2.05) is 0 Å². The van der Waals surface area contributed by atoms with Gasteiger partial charge in [0.15, 0.2) is 0 Å². The molecule has 0 amide bonds.